The Labute approximate surface area is 131 Å². The van der Waals surface area contributed by atoms with Crippen LogP contribution in [0.2, 0.25) is 0 Å². The lowest BCUT2D eigenvalue weighted by molar-refractivity contribution is 0.244. The number of aryl methyl sites for hydroxylation is 1. The van der Waals surface area contributed by atoms with Gasteiger partial charge in [-0.2, -0.15) is 0 Å². The monoisotopic (exact) mass is 306 g/mol. The van der Waals surface area contributed by atoms with Crippen LogP contribution in [0.4, 0.5) is 0 Å². The molecule has 3 heterocycles. The number of likely N-dealkylation sites (tertiary alicyclic amines) is 1. The number of pyridine rings is 1. The average molecular weight is 307 g/mol. The third-order valence-corrected chi connectivity index (χ3v) is 4.71. The normalized spacial score (nSPS) is 21.2. The van der Waals surface area contributed by atoms with Crippen LogP contribution in [0.1, 0.15) is 43.5 Å². The van der Waals surface area contributed by atoms with E-state index >= 15 is 0 Å². The van der Waals surface area contributed by atoms with Gasteiger partial charge in [0.1, 0.15) is 11.3 Å². The summed E-state index contributed by atoms with van der Waals surface area (Å²) in [6, 6.07) is 2.58. The summed E-state index contributed by atoms with van der Waals surface area (Å²) in [5, 5.41) is -0.102. The van der Waals surface area contributed by atoms with Crippen LogP contribution in [0.25, 0.3) is 11.2 Å². The zero-order valence-electron chi connectivity index (χ0n) is 13.0. The van der Waals surface area contributed by atoms with Crippen LogP contribution < -0.4 is 0 Å². The number of nitrogens with zero attached hydrogens (tertiary/aromatic N) is 4. The quantitative estimate of drug-likeness (QED) is 0.810. The molecule has 1 aliphatic rings. The van der Waals surface area contributed by atoms with Gasteiger partial charge in [-0.25, -0.2) is 9.97 Å². The summed E-state index contributed by atoms with van der Waals surface area (Å²) in [6.45, 7) is 9.55. The number of halogens is 1. The third-order valence-electron chi connectivity index (χ3n) is 4.52. The first-order valence-corrected chi connectivity index (χ1v) is 8.25. The molecule has 1 saturated heterocycles. The molecule has 1 aliphatic heterocycles. The van der Waals surface area contributed by atoms with Gasteiger partial charge in [-0.1, -0.05) is 6.92 Å². The van der Waals surface area contributed by atoms with E-state index in [0.29, 0.717) is 6.04 Å². The van der Waals surface area contributed by atoms with Crippen molar-refractivity contribution < 1.29 is 0 Å². The van der Waals surface area contributed by atoms with E-state index in [4.69, 9.17) is 16.6 Å². The Bertz CT molecular complexity index is 634. The van der Waals surface area contributed by atoms with Crippen molar-refractivity contribution in [2.75, 3.05) is 13.1 Å². The second kappa shape index (κ2) is 5.93. The summed E-state index contributed by atoms with van der Waals surface area (Å²) in [6.07, 6.45) is 4.39. The fourth-order valence-electron chi connectivity index (χ4n) is 3.37. The zero-order valence-corrected chi connectivity index (χ0v) is 13.8. The second-order valence-electron chi connectivity index (χ2n) is 5.92. The Balaban J connectivity index is 2.03. The first-order chi connectivity index (χ1) is 10.1. The molecule has 21 heavy (non-hydrogen) atoms. The Hall–Kier alpha value is -1.13. The molecular formula is C16H23ClN4. The van der Waals surface area contributed by atoms with E-state index < -0.39 is 0 Å². The van der Waals surface area contributed by atoms with Crippen molar-refractivity contribution in [2.24, 2.45) is 0 Å². The van der Waals surface area contributed by atoms with Crippen LogP contribution in [0.5, 0.6) is 0 Å². The lowest BCUT2D eigenvalue weighted by Crippen LogP contribution is -2.33. The highest BCUT2D eigenvalue weighted by atomic mass is 35.5. The maximum absolute atomic E-state index is 6.36. The highest BCUT2D eigenvalue weighted by molar-refractivity contribution is 6.20. The Kier molecular flexibility index (Phi) is 4.18. The van der Waals surface area contributed by atoms with Crippen LogP contribution in [0.3, 0.4) is 0 Å². The van der Waals surface area contributed by atoms with Crippen LogP contribution >= 0.6 is 11.6 Å². The molecule has 2 aromatic heterocycles. The van der Waals surface area contributed by atoms with Gasteiger partial charge < -0.3 is 4.57 Å². The van der Waals surface area contributed by atoms with E-state index in [-0.39, 0.29) is 5.38 Å². The molecule has 2 aromatic rings. The summed E-state index contributed by atoms with van der Waals surface area (Å²) in [4.78, 5) is 11.9. The fourth-order valence-corrected chi connectivity index (χ4v) is 3.53. The van der Waals surface area contributed by atoms with Crippen molar-refractivity contribution in [1.29, 1.82) is 0 Å². The molecule has 4 nitrogen and oxygen atoms in total. The Morgan fingerprint density at radius 2 is 2.29 bits per heavy atom. The number of imidazole rings is 1. The molecule has 0 amide bonds. The molecule has 3 rings (SSSR count). The van der Waals surface area contributed by atoms with Crippen LogP contribution in [-0.4, -0.2) is 38.6 Å². The number of likely N-dealkylation sites (N-methyl/N-ethyl adjacent to an activating group) is 1. The number of fused-ring (bicyclic) bond motifs is 1. The van der Waals surface area contributed by atoms with Gasteiger partial charge in [0.05, 0.1) is 5.38 Å². The first kappa shape index (κ1) is 14.8. The minimum absolute atomic E-state index is 0.102. The first-order valence-electron chi connectivity index (χ1n) is 7.81. The smallest absolute Gasteiger partial charge is 0.160 e. The van der Waals surface area contributed by atoms with Gasteiger partial charge in [-0.05, 0) is 51.4 Å². The molecule has 0 aromatic carbocycles. The van der Waals surface area contributed by atoms with Crippen LogP contribution in [-0.2, 0) is 6.54 Å². The maximum Gasteiger partial charge on any atom is 0.160 e. The molecule has 1 fully saturated rings. The Morgan fingerprint density at radius 1 is 1.48 bits per heavy atom. The van der Waals surface area contributed by atoms with E-state index in [9.17, 15) is 0 Å². The minimum Gasteiger partial charge on any atom is -0.310 e. The molecular weight excluding hydrogens is 284 g/mol. The molecule has 0 saturated carbocycles. The van der Waals surface area contributed by atoms with Gasteiger partial charge in [-0.15, -0.1) is 11.6 Å². The SMILES string of the molecule is CCN1CCCC1Cn1c(C(C)Cl)nc2c(C)ccnc21. The number of rotatable bonds is 4. The van der Waals surface area contributed by atoms with Gasteiger partial charge in [-0.3, -0.25) is 4.90 Å². The second-order valence-corrected chi connectivity index (χ2v) is 6.58. The standard InChI is InChI=1S/C16H23ClN4/c1-4-20-9-5-6-13(20)10-21-15(12(3)17)19-14-11(2)7-8-18-16(14)21/h7-8,12-13H,4-6,9-10H2,1-3H3. The lowest BCUT2D eigenvalue weighted by Gasteiger charge is -2.24. The molecule has 0 aliphatic carbocycles. The predicted octanol–water partition coefficient (Wildman–Crippen LogP) is 3.52. The Morgan fingerprint density at radius 3 is 3.00 bits per heavy atom. The van der Waals surface area contributed by atoms with Gasteiger partial charge in [0, 0.05) is 18.8 Å². The van der Waals surface area contributed by atoms with Crippen molar-refractivity contribution in [1.82, 2.24) is 19.4 Å². The zero-order chi connectivity index (χ0) is 15.0. The van der Waals surface area contributed by atoms with Crippen molar-refractivity contribution in [2.45, 2.75) is 51.6 Å². The summed E-state index contributed by atoms with van der Waals surface area (Å²) >= 11 is 6.36. The summed E-state index contributed by atoms with van der Waals surface area (Å²) in [5.41, 5.74) is 3.12. The van der Waals surface area contributed by atoms with E-state index in [2.05, 4.69) is 28.3 Å². The molecule has 5 heteroatoms. The molecule has 0 spiro atoms. The molecule has 0 radical (unpaired) electrons. The van der Waals surface area contributed by atoms with Gasteiger partial charge in [0.25, 0.3) is 0 Å². The van der Waals surface area contributed by atoms with Crippen LogP contribution in [0.15, 0.2) is 12.3 Å². The van der Waals surface area contributed by atoms with Gasteiger partial charge >= 0.3 is 0 Å². The van der Waals surface area contributed by atoms with E-state index in [1.165, 1.54) is 19.4 Å². The van der Waals surface area contributed by atoms with Crippen molar-refractivity contribution in [3.63, 3.8) is 0 Å². The average Bonchev–Trinajstić information content (AvgIpc) is 3.05. The summed E-state index contributed by atoms with van der Waals surface area (Å²) in [7, 11) is 0. The molecule has 114 valence electrons. The topological polar surface area (TPSA) is 34.0 Å². The number of aromatic nitrogens is 3. The highest BCUT2D eigenvalue weighted by Gasteiger charge is 2.26. The molecule has 2 unspecified atom stereocenters. The number of alkyl halides is 1. The molecule has 0 N–H and O–H groups in total. The van der Waals surface area contributed by atoms with Gasteiger partial charge in [0.2, 0.25) is 0 Å². The van der Waals surface area contributed by atoms with E-state index in [1.54, 1.807) is 0 Å². The van der Waals surface area contributed by atoms with Gasteiger partial charge in [0.15, 0.2) is 5.65 Å². The minimum atomic E-state index is -0.102. The fraction of sp³-hybridized carbons (Fsp3) is 0.625. The third kappa shape index (κ3) is 2.67. The molecule has 0 bridgehead atoms. The predicted molar refractivity (Wildman–Crippen MR) is 86.8 cm³/mol. The van der Waals surface area contributed by atoms with Crippen molar-refractivity contribution in [3.8, 4) is 0 Å². The highest BCUT2D eigenvalue weighted by Crippen LogP contribution is 2.27. The maximum atomic E-state index is 6.36. The summed E-state index contributed by atoms with van der Waals surface area (Å²) < 4.78 is 2.23. The lowest BCUT2D eigenvalue weighted by atomic mass is 10.2. The molecule has 2 atom stereocenters. The number of hydrogen-bond acceptors (Lipinski definition) is 3. The van der Waals surface area contributed by atoms with E-state index in [0.717, 1.165) is 35.6 Å². The van der Waals surface area contributed by atoms with Crippen LogP contribution in [0, 0.1) is 6.92 Å². The van der Waals surface area contributed by atoms with Crippen molar-refractivity contribution in [3.05, 3.63) is 23.7 Å². The summed E-state index contributed by atoms with van der Waals surface area (Å²) in [5.74, 6) is 0.941. The van der Waals surface area contributed by atoms with E-state index in [1.807, 2.05) is 19.2 Å². The number of hydrogen-bond donors (Lipinski definition) is 0. The van der Waals surface area contributed by atoms with Crippen molar-refractivity contribution >= 4 is 22.8 Å². The largest absolute Gasteiger partial charge is 0.310 e.